The van der Waals surface area contributed by atoms with Gasteiger partial charge in [0.2, 0.25) is 11.8 Å². The fourth-order valence-electron chi connectivity index (χ4n) is 1.62. The average Bonchev–Trinajstić information content (AvgIpc) is 2.74. The van der Waals surface area contributed by atoms with E-state index < -0.39 is 5.97 Å². The van der Waals surface area contributed by atoms with Gasteiger partial charge in [-0.2, -0.15) is 0 Å². The van der Waals surface area contributed by atoms with E-state index in [-0.39, 0.29) is 6.42 Å². The molecule has 1 rings (SSSR count). The number of hydrogen-bond acceptors (Lipinski definition) is 5. The molecule has 0 saturated heterocycles. The quantitative estimate of drug-likeness (QED) is 0.761. The van der Waals surface area contributed by atoms with E-state index in [9.17, 15) is 4.79 Å². The maximum atomic E-state index is 10.5. The minimum atomic E-state index is -0.759. The van der Waals surface area contributed by atoms with Crippen LogP contribution in [-0.2, 0) is 17.8 Å². The third-order valence-electron chi connectivity index (χ3n) is 2.72. The number of rotatable bonds is 8. The Labute approximate surface area is 107 Å². The van der Waals surface area contributed by atoms with Crippen molar-refractivity contribution in [3.05, 3.63) is 11.8 Å². The minimum Gasteiger partial charge on any atom is -0.481 e. The monoisotopic (exact) mass is 255 g/mol. The lowest BCUT2D eigenvalue weighted by molar-refractivity contribution is -0.137. The molecule has 0 amide bonds. The summed E-state index contributed by atoms with van der Waals surface area (Å²) in [5, 5.41) is 16.5. The van der Waals surface area contributed by atoms with Crippen molar-refractivity contribution in [3.63, 3.8) is 0 Å². The molecule has 0 aliphatic heterocycles. The molecule has 1 heterocycles. The summed E-state index contributed by atoms with van der Waals surface area (Å²) in [6, 6.07) is 0.316. The van der Waals surface area contributed by atoms with Crippen LogP contribution < -0.4 is 0 Å². The summed E-state index contributed by atoms with van der Waals surface area (Å²) in [6.07, 6.45) is 1.54. The van der Waals surface area contributed by atoms with Gasteiger partial charge in [0.25, 0.3) is 0 Å². The van der Waals surface area contributed by atoms with Gasteiger partial charge in [-0.1, -0.05) is 6.92 Å². The number of hydrogen-bond donors (Lipinski definition) is 1. The van der Waals surface area contributed by atoms with Crippen LogP contribution in [0.1, 0.15) is 45.4 Å². The van der Waals surface area contributed by atoms with Crippen molar-refractivity contribution in [2.45, 2.75) is 52.6 Å². The zero-order valence-corrected chi connectivity index (χ0v) is 11.2. The molecule has 1 aromatic heterocycles. The topological polar surface area (TPSA) is 79.5 Å². The molecule has 1 aromatic rings. The molecule has 1 N–H and O–H groups in total. The highest BCUT2D eigenvalue weighted by Crippen LogP contribution is 2.09. The first-order valence-electron chi connectivity index (χ1n) is 6.30. The summed E-state index contributed by atoms with van der Waals surface area (Å²) in [4.78, 5) is 12.6. The Morgan fingerprint density at radius 3 is 2.56 bits per heavy atom. The predicted octanol–water partition coefficient (Wildman–Crippen LogP) is 1.71. The van der Waals surface area contributed by atoms with E-state index in [1.165, 1.54) is 0 Å². The number of aryl methyl sites for hydroxylation is 1. The van der Waals surface area contributed by atoms with Crippen LogP contribution in [0.2, 0.25) is 0 Å². The first kappa shape index (κ1) is 14.6. The summed E-state index contributed by atoms with van der Waals surface area (Å²) >= 11 is 0. The molecule has 0 atom stereocenters. The SMILES string of the molecule is CCc1nnc(CN(CCCC(=O)O)C(C)C)o1. The standard InChI is InChI=1S/C12H21N3O3/c1-4-10-13-14-11(18-10)8-15(9(2)3)7-5-6-12(16)17/h9H,4-8H2,1-3H3,(H,16,17). The van der Waals surface area contributed by atoms with Gasteiger partial charge in [-0.25, -0.2) is 0 Å². The highest BCUT2D eigenvalue weighted by atomic mass is 16.4. The molecule has 0 bridgehead atoms. The second-order valence-corrected chi connectivity index (χ2v) is 4.50. The van der Waals surface area contributed by atoms with Crippen LogP contribution in [0.15, 0.2) is 4.42 Å². The van der Waals surface area contributed by atoms with E-state index in [0.717, 1.165) is 6.42 Å². The number of aliphatic carboxylic acids is 1. The minimum absolute atomic E-state index is 0.188. The van der Waals surface area contributed by atoms with Gasteiger partial charge in [-0.3, -0.25) is 9.69 Å². The fraction of sp³-hybridized carbons (Fsp3) is 0.750. The summed E-state index contributed by atoms with van der Waals surface area (Å²) in [6.45, 7) is 7.39. The largest absolute Gasteiger partial charge is 0.481 e. The van der Waals surface area contributed by atoms with Gasteiger partial charge in [0, 0.05) is 18.9 Å². The van der Waals surface area contributed by atoms with Crippen molar-refractivity contribution in [1.29, 1.82) is 0 Å². The van der Waals surface area contributed by atoms with Crippen molar-refractivity contribution in [1.82, 2.24) is 15.1 Å². The van der Waals surface area contributed by atoms with E-state index in [1.807, 2.05) is 6.92 Å². The number of carboxylic acids is 1. The summed E-state index contributed by atoms with van der Waals surface area (Å²) < 4.78 is 5.46. The van der Waals surface area contributed by atoms with E-state index in [2.05, 4.69) is 28.9 Å². The Morgan fingerprint density at radius 2 is 2.06 bits per heavy atom. The Balaban J connectivity index is 2.49. The van der Waals surface area contributed by atoms with Crippen LogP contribution in [0.3, 0.4) is 0 Å². The average molecular weight is 255 g/mol. The smallest absolute Gasteiger partial charge is 0.303 e. The molecule has 6 nitrogen and oxygen atoms in total. The van der Waals surface area contributed by atoms with Crippen LogP contribution in [0.5, 0.6) is 0 Å². The molecule has 0 fully saturated rings. The maximum Gasteiger partial charge on any atom is 0.303 e. The van der Waals surface area contributed by atoms with Crippen LogP contribution in [-0.4, -0.2) is 38.8 Å². The second kappa shape index (κ2) is 7.10. The second-order valence-electron chi connectivity index (χ2n) is 4.50. The molecule has 102 valence electrons. The molecule has 0 unspecified atom stereocenters. The highest BCUT2D eigenvalue weighted by molar-refractivity contribution is 5.66. The Morgan fingerprint density at radius 1 is 1.39 bits per heavy atom. The van der Waals surface area contributed by atoms with E-state index in [0.29, 0.717) is 37.3 Å². The van der Waals surface area contributed by atoms with Gasteiger partial charge in [-0.15, -0.1) is 10.2 Å². The van der Waals surface area contributed by atoms with E-state index >= 15 is 0 Å². The van der Waals surface area contributed by atoms with Gasteiger partial charge < -0.3 is 9.52 Å². The van der Waals surface area contributed by atoms with E-state index in [1.54, 1.807) is 0 Å². The first-order chi connectivity index (χ1) is 8.52. The van der Waals surface area contributed by atoms with Gasteiger partial charge in [-0.05, 0) is 26.8 Å². The van der Waals surface area contributed by atoms with Crippen molar-refractivity contribution < 1.29 is 14.3 Å². The van der Waals surface area contributed by atoms with Crippen LogP contribution in [0.4, 0.5) is 0 Å². The normalized spacial score (nSPS) is 11.4. The third kappa shape index (κ3) is 4.83. The van der Waals surface area contributed by atoms with Gasteiger partial charge >= 0.3 is 5.97 Å². The summed E-state index contributed by atoms with van der Waals surface area (Å²) in [5.74, 6) is 0.472. The van der Waals surface area contributed by atoms with Gasteiger partial charge in [0.15, 0.2) is 0 Å². The van der Waals surface area contributed by atoms with Crippen LogP contribution in [0, 0.1) is 0 Å². The summed E-state index contributed by atoms with van der Waals surface area (Å²) in [7, 11) is 0. The van der Waals surface area contributed by atoms with Crippen molar-refractivity contribution in [3.8, 4) is 0 Å². The lowest BCUT2D eigenvalue weighted by atomic mass is 10.2. The molecule has 0 spiro atoms. The highest BCUT2D eigenvalue weighted by Gasteiger charge is 2.14. The molecule has 0 saturated carbocycles. The van der Waals surface area contributed by atoms with Gasteiger partial charge in [0.05, 0.1) is 6.54 Å². The molecule has 0 radical (unpaired) electrons. The number of nitrogens with zero attached hydrogens (tertiary/aromatic N) is 3. The third-order valence-corrected chi connectivity index (χ3v) is 2.72. The molecule has 6 heteroatoms. The molecule has 0 aliphatic carbocycles. The summed E-state index contributed by atoms with van der Waals surface area (Å²) in [5.41, 5.74) is 0. The molecule has 0 aromatic carbocycles. The lowest BCUT2D eigenvalue weighted by Crippen LogP contribution is -2.31. The Bertz CT molecular complexity index is 376. The van der Waals surface area contributed by atoms with Crippen LogP contribution >= 0.6 is 0 Å². The number of carbonyl (C=O) groups is 1. The number of carboxylic acid groups (broad SMARTS) is 1. The molecular weight excluding hydrogens is 234 g/mol. The maximum absolute atomic E-state index is 10.5. The Hall–Kier alpha value is -1.43. The van der Waals surface area contributed by atoms with E-state index in [4.69, 9.17) is 9.52 Å². The molecule has 18 heavy (non-hydrogen) atoms. The van der Waals surface area contributed by atoms with Crippen molar-refractivity contribution >= 4 is 5.97 Å². The van der Waals surface area contributed by atoms with Crippen molar-refractivity contribution in [2.24, 2.45) is 0 Å². The fourth-order valence-corrected chi connectivity index (χ4v) is 1.62. The van der Waals surface area contributed by atoms with Crippen LogP contribution in [0.25, 0.3) is 0 Å². The van der Waals surface area contributed by atoms with Crippen molar-refractivity contribution in [2.75, 3.05) is 6.54 Å². The first-order valence-corrected chi connectivity index (χ1v) is 6.30. The lowest BCUT2D eigenvalue weighted by Gasteiger charge is -2.24. The Kier molecular flexibility index (Phi) is 5.77. The predicted molar refractivity (Wildman–Crippen MR) is 66.1 cm³/mol. The van der Waals surface area contributed by atoms with Gasteiger partial charge in [0.1, 0.15) is 0 Å². The zero-order chi connectivity index (χ0) is 13.5. The number of aromatic nitrogens is 2. The zero-order valence-electron chi connectivity index (χ0n) is 11.2. The molecule has 0 aliphatic rings. The molecular formula is C12H21N3O3.